The van der Waals surface area contributed by atoms with Crippen molar-refractivity contribution in [1.82, 2.24) is 30.4 Å². The van der Waals surface area contributed by atoms with E-state index in [1.807, 2.05) is 0 Å². The first-order valence-corrected chi connectivity index (χ1v) is 21.0. The Morgan fingerprint density at radius 3 is 2.55 bits per heavy atom. The van der Waals surface area contributed by atoms with Crippen molar-refractivity contribution in [3.05, 3.63) is 89.0 Å². The van der Waals surface area contributed by atoms with Crippen LogP contribution in [-0.2, 0) is 19.2 Å². The molecular weight excluding hydrogens is 821 g/mol. The van der Waals surface area contributed by atoms with Gasteiger partial charge in [-0.3, -0.25) is 43.9 Å². The number of hydrogen-bond acceptors (Lipinski definition) is 12. The van der Waals surface area contributed by atoms with Crippen LogP contribution < -0.4 is 31.3 Å². The summed E-state index contributed by atoms with van der Waals surface area (Å²) in [5.41, 5.74) is 2.52. The normalized spacial score (nSPS) is 17.0. The van der Waals surface area contributed by atoms with Crippen molar-refractivity contribution in [3.63, 3.8) is 0 Å². The second kappa shape index (κ2) is 19.9. The summed E-state index contributed by atoms with van der Waals surface area (Å²) in [4.78, 5) is 87.9. The van der Waals surface area contributed by atoms with Gasteiger partial charge in [0.25, 0.3) is 11.8 Å². The summed E-state index contributed by atoms with van der Waals surface area (Å²) >= 11 is 5.95. The maximum absolute atomic E-state index is 13.7. The fraction of sp³-hybridized carbons (Fsp3) is 0.364. The number of nitrogens with zero attached hydrogens (tertiary/aromatic N) is 4. The second-order valence-corrected chi connectivity index (χ2v) is 15.8. The van der Waals surface area contributed by atoms with Gasteiger partial charge in [-0.2, -0.15) is 0 Å². The number of aromatic nitrogens is 2. The van der Waals surface area contributed by atoms with Gasteiger partial charge in [0.05, 0.1) is 34.5 Å². The number of rotatable bonds is 17. The van der Waals surface area contributed by atoms with Crippen LogP contribution in [-0.4, -0.2) is 101 Å². The van der Waals surface area contributed by atoms with E-state index in [1.165, 1.54) is 37.7 Å². The minimum absolute atomic E-state index is 0.0279. The van der Waals surface area contributed by atoms with Gasteiger partial charge in [0.1, 0.15) is 29.8 Å². The molecule has 7 rings (SSSR count). The number of carbonyl (C=O) groups is 6. The Kier molecular flexibility index (Phi) is 14.0. The van der Waals surface area contributed by atoms with Gasteiger partial charge in [-0.25, -0.2) is 14.4 Å². The summed E-state index contributed by atoms with van der Waals surface area (Å²) in [6.07, 6.45) is 10.1. The number of carbonyl (C=O) groups excluding carboxylic acids is 6. The first-order valence-electron chi connectivity index (χ1n) is 20.6. The molecule has 1 unspecified atom stereocenters. The van der Waals surface area contributed by atoms with Crippen molar-refractivity contribution in [2.45, 2.75) is 69.9 Å². The SMILES string of the molecule is COc1cc2ncnc(Nc3ccc(F)c(Cl)c3)c2cc1NC(=O)/C=C/CN1CCC(NC(=O)CCCCCCNc2cccc3c2C(=O)N(C2CCC(=O)NC2=O)C3=O)CC1. The van der Waals surface area contributed by atoms with E-state index in [-0.39, 0.29) is 46.8 Å². The minimum Gasteiger partial charge on any atom is -0.494 e. The molecule has 0 aliphatic carbocycles. The minimum atomic E-state index is -1.02. The monoisotopic (exact) mass is 867 g/mol. The number of halogens is 2. The quantitative estimate of drug-likeness (QED) is 0.0492. The van der Waals surface area contributed by atoms with Gasteiger partial charge in [0, 0.05) is 74.0 Å². The summed E-state index contributed by atoms with van der Waals surface area (Å²) in [6, 6.07) is 11.7. The van der Waals surface area contributed by atoms with E-state index in [9.17, 15) is 33.2 Å². The van der Waals surface area contributed by atoms with Crippen LogP contribution in [0.25, 0.3) is 10.9 Å². The fourth-order valence-electron chi connectivity index (χ4n) is 7.85. The Hall–Kier alpha value is -6.46. The maximum Gasteiger partial charge on any atom is 0.264 e. The fourth-order valence-corrected chi connectivity index (χ4v) is 8.03. The van der Waals surface area contributed by atoms with Crippen molar-refractivity contribution in [2.24, 2.45) is 0 Å². The van der Waals surface area contributed by atoms with Gasteiger partial charge in [-0.1, -0.05) is 36.6 Å². The molecule has 3 aliphatic rings. The summed E-state index contributed by atoms with van der Waals surface area (Å²) < 4.78 is 19.2. The van der Waals surface area contributed by atoms with Gasteiger partial charge in [-0.15, -0.1) is 0 Å². The predicted octanol–water partition coefficient (Wildman–Crippen LogP) is 5.71. The van der Waals surface area contributed by atoms with Crippen LogP contribution >= 0.6 is 11.6 Å². The Balaban J connectivity index is 0.785. The number of unbranched alkanes of at least 4 members (excludes halogenated alkanes) is 3. The molecule has 0 bridgehead atoms. The van der Waals surface area contributed by atoms with E-state index in [0.29, 0.717) is 59.0 Å². The number of hydrogen-bond donors (Lipinski definition) is 5. The number of benzene rings is 3. The van der Waals surface area contributed by atoms with Crippen molar-refractivity contribution in [3.8, 4) is 5.75 Å². The first kappa shape index (κ1) is 43.6. The number of fused-ring (bicyclic) bond motifs is 2. The topological polar surface area (TPSA) is 204 Å². The molecule has 3 aliphatic heterocycles. The Morgan fingerprint density at radius 2 is 1.77 bits per heavy atom. The molecule has 0 radical (unpaired) electrons. The zero-order chi connectivity index (χ0) is 43.8. The molecule has 62 heavy (non-hydrogen) atoms. The Bertz CT molecular complexity index is 2420. The third kappa shape index (κ3) is 10.3. The van der Waals surface area contributed by atoms with Gasteiger partial charge >= 0.3 is 0 Å². The number of anilines is 4. The third-order valence-corrected chi connectivity index (χ3v) is 11.4. The lowest BCUT2D eigenvalue weighted by molar-refractivity contribution is -0.136. The highest BCUT2D eigenvalue weighted by molar-refractivity contribution is 6.31. The second-order valence-electron chi connectivity index (χ2n) is 15.3. The highest BCUT2D eigenvalue weighted by atomic mass is 35.5. The number of nitrogens with one attached hydrogen (secondary N) is 5. The number of piperidine rings is 2. The van der Waals surface area contributed by atoms with Gasteiger partial charge < -0.3 is 26.0 Å². The molecule has 2 saturated heterocycles. The van der Waals surface area contributed by atoms with E-state index in [1.54, 1.807) is 36.4 Å². The Labute approximate surface area is 362 Å². The highest BCUT2D eigenvalue weighted by Gasteiger charge is 2.45. The molecule has 324 valence electrons. The van der Waals surface area contributed by atoms with Crippen molar-refractivity contribution >= 4 is 80.8 Å². The molecule has 0 saturated carbocycles. The van der Waals surface area contributed by atoms with E-state index in [2.05, 4.69) is 41.5 Å². The van der Waals surface area contributed by atoms with Gasteiger partial charge in [0.15, 0.2) is 0 Å². The maximum atomic E-state index is 13.7. The lowest BCUT2D eigenvalue weighted by atomic mass is 10.0. The van der Waals surface area contributed by atoms with Crippen LogP contribution in [0.15, 0.2) is 67.0 Å². The van der Waals surface area contributed by atoms with Crippen LogP contribution in [0, 0.1) is 5.82 Å². The number of likely N-dealkylation sites (tertiary alicyclic amines) is 1. The first-order chi connectivity index (χ1) is 30.0. The summed E-state index contributed by atoms with van der Waals surface area (Å²) in [5.74, 6) is -2.15. The molecule has 18 heteroatoms. The number of methoxy groups -OCH3 is 1. The largest absolute Gasteiger partial charge is 0.494 e. The Morgan fingerprint density at radius 1 is 0.968 bits per heavy atom. The molecule has 5 N–H and O–H groups in total. The van der Waals surface area contributed by atoms with E-state index >= 15 is 0 Å². The highest BCUT2D eigenvalue weighted by Crippen LogP contribution is 2.35. The number of ether oxygens (including phenoxy) is 1. The summed E-state index contributed by atoms with van der Waals surface area (Å²) in [7, 11) is 1.50. The molecule has 1 atom stereocenters. The van der Waals surface area contributed by atoms with Gasteiger partial charge in [-0.05, 0) is 68.5 Å². The number of imide groups is 2. The molecule has 3 aromatic carbocycles. The molecular formula is C44H47ClFN9O7. The lowest BCUT2D eigenvalue weighted by Crippen LogP contribution is -2.54. The average Bonchev–Trinajstić information content (AvgIpc) is 3.51. The standard InChI is InChI=1S/C44H47ClFN9O7/c1-62-36-24-33-29(41(49-25-48-33)51-27-12-13-31(46)30(45)22-27)23-34(36)52-38(57)11-7-19-54-20-16-26(17-21-54)50-37(56)10-4-2-3-5-18-47-32-9-6-8-28-40(32)44(61)55(43(28)60)35-14-15-39(58)53-42(35)59/h6-9,11-13,22-26,35,47H,2-5,10,14-21H2,1H3,(H,50,56)(H,52,57)(H,48,49,51)(H,53,58,59)/b11-7+. The average molecular weight is 868 g/mol. The van der Waals surface area contributed by atoms with Crippen molar-refractivity contribution in [2.75, 3.05) is 49.2 Å². The summed E-state index contributed by atoms with van der Waals surface area (Å²) in [5, 5.41) is 15.2. The molecule has 4 heterocycles. The van der Waals surface area contributed by atoms with Gasteiger partial charge in [0.2, 0.25) is 23.6 Å². The predicted molar refractivity (Wildman–Crippen MR) is 231 cm³/mol. The van der Waals surface area contributed by atoms with Crippen LogP contribution in [0.4, 0.5) is 27.3 Å². The smallest absolute Gasteiger partial charge is 0.264 e. The molecule has 0 spiro atoms. The van der Waals surface area contributed by atoms with Crippen molar-refractivity contribution < 1.29 is 37.9 Å². The molecule has 1 aromatic heterocycles. The van der Waals surface area contributed by atoms with Crippen LogP contribution in [0.3, 0.4) is 0 Å². The zero-order valence-corrected chi connectivity index (χ0v) is 34.9. The van der Waals surface area contributed by atoms with Crippen LogP contribution in [0.1, 0.15) is 78.5 Å². The van der Waals surface area contributed by atoms with Crippen LogP contribution in [0.2, 0.25) is 5.02 Å². The molecule has 2 fully saturated rings. The summed E-state index contributed by atoms with van der Waals surface area (Å²) in [6.45, 7) is 2.68. The molecule has 6 amide bonds. The third-order valence-electron chi connectivity index (χ3n) is 11.1. The lowest BCUT2D eigenvalue weighted by Gasteiger charge is -2.31. The van der Waals surface area contributed by atoms with E-state index < -0.39 is 35.5 Å². The molecule has 16 nitrogen and oxygen atoms in total. The van der Waals surface area contributed by atoms with Crippen molar-refractivity contribution in [1.29, 1.82) is 0 Å². The number of amides is 6. The molecule has 4 aromatic rings. The van der Waals surface area contributed by atoms with E-state index in [4.69, 9.17) is 16.3 Å². The zero-order valence-electron chi connectivity index (χ0n) is 34.1. The van der Waals surface area contributed by atoms with Crippen LogP contribution in [0.5, 0.6) is 5.75 Å². The van der Waals surface area contributed by atoms with E-state index in [0.717, 1.165) is 56.5 Å².